The van der Waals surface area contributed by atoms with E-state index in [4.69, 9.17) is 5.73 Å². The van der Waals surface area contributed by atoms with Crippen LogP contribution in [0.1, 0.15) is 24.8 Å². The molecule has 1 fully saturated rings. The highest BCUT2D eigenvalue weighted by Crippen LogP contribution is 2.29. The number of rotatable bonds is 3. The number of nitrogens with two attached hydrogens (primary N) is 1. The Morgan fingerprint density at radius 1 is 1.56 bits per heavy atom. The van der Waals surface area contributed by atoms with E-state index in [2.05, 4.69) is 21.5 Å². The molecule has 6 nitrogen and oxygen atoms in total. The number of nitrogen functional groups attached to an aromatic ring is 1. The van der Waals surface area contributed by atoms with E-state index in [0.29, 0.717) is 28.4 Å². The van der Waals surface area contributed by atoms with Gasteiger partial charge in [0.05, 0.1) is 0 Å². The number of hydrogen-bond acceptors (Lipinski definition) is 6. The minimum absolute atomic E-state index is 0.342. The number of nitrogens with one attached hydrogen (secondary N) is 1. The summed E-state index contributed by atoms with van der Waals surface area (Å²) in [6.07, 6.45) is 5.15. The van der Waals surface area contributed by atoms with Crippen molar-refractivity contribution in [3.05, 3.63) is 17.1 Å². The summed E-state index contributed by atoms with van der Waals surface area (Å²) in [5.41, 5.74) is 6.35. The van der Waals surface area contributed by atoms with Gasteiger partial charge < -0.3 is 11.1 Å². The molecule has 0 atom stereocenters. The molecule has 0 aromatic carbocycles. The van der Waals surface area contributed by atoms with Crippen molar-refractivity contribution in [2.75, 3.05) is 11.1 Å². The third-order valence-electron chi connectivity index (χ3n) is 3.08. The SMILES string of the molecule is N#Cc1c(NC2CCC2)nn(-c2nccs2)c1N. The quantitative estimate of drug-likeness (QED) is 0.877. The van der Waals surface area contributed by atoms with Gasteiger partial charge in [-0.3, -0.25) is 0 Å². The van der Waals surface area contributed by atoms with E-state index in [1.807, 2.05) is 5.38 Å². The predicted octanol–water partition coefficient (Wildman–Crippen LogP) is 1.75. The van der Waals surface area contributed by atoms with Gasteiger partial charge in [0.2, 0.25) is 5.13 Å². The first kappa shape index (κ1) is 11.0. The fourth-order valence-electron chi connectivity index (χ4n) is 1.85. The molecule has 2 aromatic heterocycles. The Hall–Kier alpha value is -2.07. The maximum Gasteiger partial charge on any atom is 0.212 e. The maximum absolute atomic E-state index is 9.17. The number of aromatic nitrogens is 3. The third-order valence-corrected chi connectivity index (χ3v) is 3.83. The van der Waals surface area contributed by atoms with E-state index in [-0.39, 0.29) is 0 Å². The molecular formula is C11H12N6S. The second kappa shape index (κ2) is 4.31. The molecule has 0 radical (unpaired) electrons. The molecule has 0 amide bonds. The number of nitrogens with zero attached hydrogens (tertiary/aromatic N) is 4. The van der Waals surface area contributed by atoms with Crippen LogP contribution in [0.2, 0.25) is 0 Å². The monoisotopic (exact) mass is 260 g/mol. The molecule has 0 saturated heterocycles. The van der Waals surface area contributed by atoms with E-state index in [1.54, 1.807) is 6.20 Å². The second-order valence-electron chi connectivity index (χ2n) is 4.22. The number of anilines is 2. The molecule has 2 heterocycles. The zero-order valence-corrected chi connectivity index (χ0v) is 10.4. The summed E-state index contributed by atoms with van der Waals surface area (Å²) in [6, 6.07) is 2.52. The topological polar surface area (TPSA) is 92.5 Å². The average molecular weight is 260 g/mol. The second-order valence-corrected chi connectivity index (χ2v) is 5.09. The highest BCUT2D eigenvalue weighted by atomic mass is 32.1. The van der Waals surface area contributed by atoms with Crippen molar-refractivity contribution < 1.29 is 0 Å². The van der Waals surface area contributed by atoms with Crippen molar-refractivity contribution in [2.45, 2.75) is 25.3 Å². The standard InChI is InChI=1S/C11H12N6S/c12-6-8-9(13)17(11-14-4-5-18-11)16-10(8)15-7-2-1-3-7/h4-5,7H,1-3,13H2,(H,15,16). The van der Waals surface area contributed by atoms with E-state index in [0.717, 1.165) is 12.8 Å². The molecule has 0 unspecified atom stereocenters. The van der Waals surface area contributed by atoms with E-state index in [1.165, 1.54) is 22.4 Å². The Morgan fingerprint density at radius 2 is 2.39 bits per heavy atom. The minimum atomic E-state index is 0.342. The first-order valence-electron chi connectivity index (χ1n) is 5.74. The Morgan fingerprint density at radius 3 is 2.94 bits per heavy atom. The van der Waals surface area contributed by atoms with Crippen molar-refractivity contribution in [1.82, 2.24) is 14.8 Å². The van der Waals surface area contributed by atoms with E-state index >= 15 is 0 Å². The summed E-state index contributed by atoms with van der Waals surface area (Å²) in [4.78, 5) is 4.15. The average Bonchev–Trinajstić information content (AvgIpc) is 2.91. The Bertz CT molecular complexity index is 590. The van der Waals surface area contributed by atoms with Crippen LogP contribution < -0.4 is 11.1 Å². The smallest absolute Gasteiger partial charge is 0.212 e. The van der Waals surface area contributed by atoms with Crippen LogP contribution in [-0.4, -0.2) is 20.8 Å². The van der Waals surface area contributed by atoms with Crippen LogP contribution in [-0.2, 0) is 0 Å². The van der Waals surface area contributed by atoms with Gasteiger partial charge in [-0.05, 0) is 19.3 Å². The number of nitriles is 1. The first-order valence-corrected chi connectivity index (χ1v) is 6.62. The molecule has 1 saturated carbocycles. The van der Waals surface area contributed by atoms with Crippen LogP contribution in [0.5, 0.6) is 0 Å². The summed E-state index contributed by atoms with van der Waals surface area (Å²) < 4.78 is 1.52. The van der Waals surface area contributed by atoms with Crippen LogP contribution in [0.3, 0.4) is 0 Å². The van der Waals surface area contributed by atoms with Crippen LogP contribution in [0.4, 0.5) is 11.6 Å². The normalized spacial score (nSPS) is 15.1. The number of hydrogen-bond donors (Lipinski definition) is 2. The van der Waals surface area contributed by atoms with Gasteiger partial charge in [0, 0.05) is 17.6 Å². The van der Waals surface area contributed by atoms with Gasteiger partial charge in [0.1, 0.15) is 17.5 Å². The van der Waals surface area contributed by atoms with Crippen molar-refractivity contribution in [3.63, 3.8) is 0 Å². The summed E-state index contributed by atoms with van der Waals surface area (Å²) in [5.74, 6) is 0.907. The van der Waals surface area contributed by atoms with Crippen molar-refractivity contribution in [3.8, 4) is 11.2 Å². The first-order chi connectivity index (χ1) is 8.79. The van der Waals surface area contributed by atoms with Crippen molar-refractivity contribution in [2.24, 2.45) is 0 Å². The zero-order chi connectivity index (χ0) is 12.5. The van der Waals surface area contributed by atoms with Gasteiger partial charge >= 0.3 is 0 Å². The van der Waals surface area contributed by atoms with Gasteiger partial charge in [-0.25, -0.2) is 4.98 Å². The lowest BCUT2D eigenvalue weighted by molar-refractivity contribution is 0.444. The Kier molecular flexibility index (Phi) is 2.64. The van der Waals surface area contributed by atoms with E-state index in [9.17, 15) is 5.26 Å². The highest BCUT2D eigenvalue weighted by Gasteiger charge is 2.23. The lowest BCUT2D eigenvalue weighted by Gasteiger charge is -2.26. The lowest BCUT2D eigenvalue weighted by atomic mass is 9.93. The molecule has 2 aromatic rings. The summed E-state index contributed by atoms with van der Waals surface area (Å²) in [6.45, 7) is 0. The highest BCUT2D eigenvalue weighted by molar-refractivity contribution is 7.12. The summed E-state index contributed by atoms with van der Waals surface area (Å²) >= 11 is 1.43. The molecular weight excluding hydrogens is 248 g/mol. The van der Waals surface area contributed by atoms with Gasteiger partial charge in [-0.15, -0.1) is 16.4 Å². The minimum Gasteiger partial charge on any atom is -0.382 e. The molecule has 0 bridgehead atoms. The fraction of sp³-hybridized carbons (Fsp3) is 0.364. The van der Waals surface area contributed by atoms with E-state index < -0.39 is 0 Å². The predicted molar refractivity (Wildman–Crippen MR) is 69.6 cm³/mol. The molecule has 1 aliphatic carbocycles. The third kappa shape index (κ3) is 1.71. The Labute approximate surface area is 108 Å². The molecule has 1 aliphatic rings. The molecule has 18 heavy (non-hydrogen) atoms. The molecule has 3 rings (SSSR count). The molecule has 0 aliphatic heterocycles. The van der Waals surface area contributed by atoms with Gasteiger partial charge in [-0.1, -0.05) is 0 Å². The van der Waals surface area contributed by atoms with Gasteiger partial charge in [0.15, 0.2) is 5.82 Å². The van der Waals surface area contributed by atoms with Crippen molar-refractivity contribution >= 4 is 23.0 Å². The van der Waals surface area contributed by atoms with Crippen LogP contribution in [0, 0.1) is 11.3 Å². The lowest BCUT2D eigenvalue weighted by Crippen LogP contribution is -2.27. The zero-order valence-electron chi connectivity index (χ0n) is 9.63. The molecule has 92 valence electrons. The molecule has 0 spiro atoms. The van der Waals surface area contributed by atoms with Crippen molar-refractivity contribution in [1.29, 1.82) is 5.26 Å². The number of thiazole rings is 1. The van der Waals surface area contributed by atoms with Crippen LogP contribution in [0.25, 0.3) is 5.13 Å². The molecule has 3 N–H and O–H groups in total. The van der Waals surface area contributed by atoms with Crippen LogP contribution >= 0.6 is 11.3 Å². The largest absolute Gasteiger partial charge is 0.382 e. The van der Waals surface area contributed by atoms with Gasteiger partial charge in [-0.2, -0.15) is 9.94 Å². The van der Waals surface area contributed by atoms with Gasteiger partial charge in [0.25, 0.3) is 0 Å². The fourth-order valence-corrected chi connectivity index (χ4v) is 2.46. The van der Waals surface area contributed by atoms with Crippen LogP contribution in [0.15, 0.2) is 11.6 Å². The molecule has 7 heteroatoms. The summed E-state index contributed by atoms with van der Waals surface area (Å²) in [7, 11) is 0. The maximum atomic E-state index is 9.17. The summed E-state index contributed by atoms with van der Waals surface area (Å²) in [5, 5.41) is 19.3. The Balaban J connectivity index is 1.99.